The third-order valence-corrected chi connectivity index (χ3v) is 2.87. The summed E-state index contributed by atoms with van der Waals surface area (Å²) in [5, 5.41) is 9.24. The number of aromatic nitrogens is 1. The molecule has 0 N–H and O–H groups in total. The van der Waals surface area contributed by atoms with Crippen LogP contribution in [0.4, 0.5) is 4.39 Å². The van der Waals surface area contributed by atoms with Crippen LogP contribution in [0.1, 0.15) is 22.1 Å². The van der Waals surface area contributed by atoms with Crippen molar-refractivity contribution < 1.29 is 9.18 Å². The first-order valence-electron chi connectivity index (χ1n) is 5.96. The van der Waals surface area contributed by atoms with Crippen molar-refractivity contribution in [3.63, 3.8) is 0 Å². The predicted molar refractivity (Wildman–Crippen MR) is 71.1 cm³/mol. The maximum atomic E-state index is 13.1. The molecule has 0 spiro atoms. The maximum absolute atomic E-state index is 13.1. The van der Waals surface area contributed by atoms with Crippen LogP contribution >= 0.6 is 0 Å². The topological polar surface area (TPSA) is 57.0 Å². The van der Waals surface area contributed by atoms with E-state index in [-0.39, 0.29) is 5.56 Å². The molecule has 5 heteroatoms. The number of carbonyl (C=O) groups is 1. The van der Waals surface area contributed by atoms with Gasteiger partial charge in [-0.25, -0.2) is 4.39 Å². The first kappa shape index (κ1) is 13.7. The monoisotopic (exact) mass is 269 g/mol. The number of nitrogens with zero attached hydrogens (tertiary/aromatic N) is 3. The van der Waals surface area contributed by atoms with E-state index in [2.05, 4.69) is 4.98 Å². The summed E-state index contributed by atoms with van der Waals surface area (Å²) in [4.78, 5) is 17.6. The lowest BCUT2D eigenvalue weighted by molar-refractivity contribution is 0.0760. The van der Waals surface area contributed by atoms with Crippen molar-refractivity contribution >= 4 is 5.91 Å². The SMILES string of the molecule is CN(C(=O)c1cccc(F)c1)C(C#N)c1ccccn1. The fourth-order valence-corrected chi connectivity index (χ4v) is 1.83. The molecule has 4 nitrogen and oxygen atoms in total. The van der Waals surface area contributed by atoms with Crippen LogP contribution in [0.3, 0.4) is 0 Å². The quantitative estimate of drug-likeness (QED) is 0.860. The van der Waals surface area contributed by atoms with Gasteiger partial charge in [-0.05, 0) is 30.3 Å². The molecule has 2 rings (SSSR count). The van der Waals surface area contributed by atoms with Gasteiger partial charge in [-0.3, -0.25) is 9.78 Å². The van der Waals surface area contributed by atoms with Crippen LogP contribution in [0.25, 0.3) is 0 Å². The van der Waals surface area contributed by atoms with Crippen molar-refractivity contribution in [2.45, 2.75) is 6.04 Å². The molecule has 0 aliphatic rings. The van der Waals surface area contributed by atoms with Crippen molar-refractivity contribution in [3.05, 3.63) is 65.7 Å². The van der Waals surface area contributed by atoms with Crippen LogP contribution in [0.2, 0.25) is 0 Å². The summed E-state index contributed by atoms with van der Waals surface area (Å²) in [6.45, 7) is 0. The Morgan fingerprint density at radius 3 is 2.75 bits per heavy atom. The number of carbonyl (C=O) groups excluding carboxylic acids is 1. The Hall–Kier alpha value is -2.74. The third kappa shape index (κ3) is 2.81. The Bertz CT molecular complexity index is 652. The standard InChI is InChI=1S/C15H12FN3O/c1-19(14(10-17)13-7-2-3-8-18-13)15(20)11-5-4-6-12(16)9-11/h2-9,14H,1H3. The van der Waals surface area contributed by atoms with E-state index >= 15 is 0 Å². The van der Waals surface area contributed by atoms with E-state index in [9.17, 15) is 14.4 Å². The van der Waals surface area contributed by atoms with Gasteiger partial charge in [-0.15, -0.1) is 0 Å². The number of nitriles is 1. The van der Waals surface area contributed by atoms with Gasteiger partial charge in [0.2, 0.25) is 0 Å². The van der Waals surface area contributed by atoms with E-state index in [0.29, 0.717) is 5.69 Å². The minimum Gasteiger partial charge on any atom is -0.320 e. The number of halogens is 1. The molecule has 0 saturated heterocycles. The molecule has 1 amide bonds. The van der Waals surface area contributed by atoms with Gasteiger partial charge in [0.15, 0.2) is 6.04 Å². The molecule has 0 saturated carbocycles. The average Bonchev–Trinajstić information content (AvgIpc) is 2.48. The van der Waals surface area contributed by atoms with E-state index in [0.717, 1.165) is 6.07 Å². The number of pyridine rings is 1. The molecule has 1 aromatic heterocycles. The maximum Gasteiger partial charge on any atom is 0.255 e. The van der Waals surface area contributed by atoms with Crippen molar-refractivity contribution in [1.82, 2.24) is 9.88 Å². The van der Waals surface area contributed by atoms with E-state index in [1.165, 1.54) is 30.1 Å². The molecular formula is C15H12FN3O. The number of hydrogen-bond donors (Lipinski definition) is 0. The molecule has 1 atom stereocenters. The van der Waals surface area contributed by atoms with Gasteiger partial charge < -0.3 is 4.90 Å². The van der Waals surface area contributed by atoms with Crippen LogP contribution in [0, 0.1) is 17.1 Å². The Labute approximate surface area is 116 Å². The first-order valence-corrected chi connectivity index (χ1v) is 5.96. The third-order valence-electron chi connectivity index (χ3n) is 2.87. The van der Waals surface area contributed by atoms with Crippen LogP contribution < -0.4 is 0 Å². The fraction of sp³-hybridized carbons (Fsp3) is 0.133. The molecule has 1 heterocycles. The van der Waals surface area contributed by atoms with Crippen LogP contribution in [-0.2, 0) is 0 Å². The van der Waals surface area contributed by atoms with Crippen molar-refractivity contribution in [1.29, 1.82) is 5.26 Å². The molecule has 1 aromatic carbocycles. The zero-order valence-corrected chi connectivity index (χ0v) is 10.8. The van der Waals surface area contributed by atoms with Crippen molar-refractivity contribution in [2.24, 2.45) is 0 Å². The molecule has 0 aliphatic heterocycles. The highest BCUT2D eigenvalue weighted by Gasteiger charge is 2.23. The average molecular weight is 269 g/mol. The van der Waals surface area contributed by atoms with Gasteiger partial charge in [-0.2, -0.15) is 5.26 Å². The molecule has 0 fully saturated rings. The second-order valence-corrected chi connectivity index (χ2v) is 4.21. The summed E-state index contributed by atoms with van der Waals surface area (Å²) in [5.74, 6) is -0.919. The van der Waals surface area contributed by atoms with Gasteiger partial charge in [0.05, 0.1) is 11.8 Å². The second-order valence-electron chi connectivity index (χ2n) is 4.21. The Balaban J connectivity index is 2.28. The fourth-order valence-electron chi connectivity index (χ4n) is 1.83. The smallest absolute Gasteiger partial charge is 0.255 e. The highest BCUT2D eigenvalue weighted by molar-refractivity contribution is 5.94. The predicted octanol–water partition coefficient (Wildman–Crippen LogP) is 2.56. The Morgan fingerprint density at radius 1 is 1.35 bits per heavy atom. The highest BCUT2D eigenvalue weighted by Crippen LogP contribution is 2.18. The molecular weight excluding hydrogens is 257 g/mol. The summed E-state index contributed by atoms with van der Waals surface area (Å²) in [6.07, 6.45) is 1.56. The summed E-state index contributed by atoms with van der Waals surface area (Å²) >= 11 is 0. The number of rotatable bonds is 3. The number of benzene rings is 1. The van der Waals surface area contributed by atoms with Gasteiger partial charge >= 0.3 is 0 Å². The van der Waals surface area contributed by atoms with E-state index in [1.54, 1.807) is 24.4 Å². The van der Waals surface area contributed by atoms with E-state index in [4.69, 9.17) is 0 Å². The van der Waals surface area contributed by atoms with Crippen molar-refractivity contribution in [3.8, 4) is 6.07 Å². The summed E-state index contributed by atoms with van der Waals surface area (Å²) in [6, 6.07) is 11.7. The first-order chi connectivity index (χ1) is 9.63. The van der Waals surface area contributed by atoms with Gasteiger partial charge in [-0.1, -0.05) is 12.1 Å². The molecule has 100 valence electrons. The Kier molecular flexibility index (Phi) is 4.06. The number of hydrogen-bond acceptors (Lipinski definition) is 3. The molecule has 2 aromatic rings. The molecule has 1 unspecified atom stereocenters. The van der Waals surface area contributed by atoms with Gasteiger partial charge in [0.1, 0.15) is 5.82 Å². The lowest BCUT2D eigenvalue weighted by Gasteiger charge is -2.22. The normalized spacial score (nSPS) is 11.4. The summed E-state index contributed by atoms with van der Waals surface area (Å²) in [7, 11) is 1.50. The summed E-state index contributed by atoms with van der Waals surface area (Å²) in [5.41, 5.74) is 0.672. The largest absolute Gasteiger partial charge is 0.320 e. The number of amides is 1. The molecule has 0 aliphatic carbocycles. The van der Waals surface area contributed by atoms with Crippen molar-refractivity contribution in [2.75, 3.05) is 7.05 Å². The lowest BCUT2D eigenvalue weighted by Crippen LogP contribution is -2.31. The zero-order chi connectivity index (χ0) is 14.5. The minimum absolute atomic E-state index is 0.198. The van der Waals surface area contributed by atoms with Gasteiger partial charge in [0.25, 0.3) is 5.91 Å². The second kappa shape index (κ2) is 5.93. The minimum atomic E-state index is -0.813. The van der Waals surface area contributed by atoms with E-state index < -0.39 is 17.8 Å². The molecule has 0 radical (unpaired) electrons. The van der Waals surface area contributed by atoms with Crippen LogP contribution in [0.15, 0.2) is 48.7 Å². The van der Waals surface area contributed by atoms with Gasteiger partial charge in [0, 0.05) is 18.8 Å². The highest BCUT2D eigenvalue weighted by atomic mass is 19.1. The summed E-state index contributed by atoms with van der Waals surface area (Å²) < 4.78 is 13.1. The molecule has 20 heavy (non-hydrogen) atoms. The zero-order valence-electron chi connectivity index (χ0n) is 10.8. The molecule has 0 bridgehead atoms. The van der Waals surface area contributed by atoms with Crippen LogP contribution in [-0.4, -0.2) is 22.8 Å². The van der Waals surface area contributed by atoms with Crippen LogP contribution in [0.5, 0.6) is 0 Å². The van der Waals surface area contributed by atoms with E-state index in [1.807, 2.05) is 6.07 Å². The Morgan fingerprint density at radius 2 is 2.15 bits per heavy atom. The lowest BCUT2D eigenvalue weighted by atomic mass is 10.1.